The van der Waals surface area contributed by atoms with Crippen LogP contribution in [0, 0.1) is 0 Å². The number of carbonyl (C=O) groups is 1. The van der Waals surface area contributed by atoms with Gasteiger partial charge in [-0.05, 0) is 11.6 Å². The fraction of sp³-hybridized carbons (Fsp3) is 0.154. The number of nitrogens with zero attached hydrogens (tertiary/aromatic N) is 1. The van der Waals surface area contributed by atoms with Crippen LogP contribution in [0.1, 0.15) is 16.1 Å². The second-order valence-electron chi connectivity index (χ2n) is 3.82. The maximum absolute atomic E-state index is 11.8. The summed E-state index contributed by atoms with van der Waals surface area (Å²) in [5.41, 5.74) is 0.731. The molecule has 2 aromatic heterocycles. The number of hydrogen-bond donors (Lipinski definition) is 2. The molecule has 6 heteroatoms. The van der Waals surface area contributed by atoms with E-state index in [1.54, 1.807) is 18.5 Å². The summed E-state index contributed by atoms with van der Waals surface area (Å²) in [5, 5.41) is 2.69. The maximum Gasteiger partial charge on any atom is 0.268 e. The largest absolute Gasteiger partial charge is 0.491 e. The third-order valence-electron chi connectivity index (χ3n) is 2.52. The molecule has 0 bridgehead atoms. The van der Waals surface area contributed by atoms with Crippen molar-refractivity contribution < 1.29 is 9.53 Å². The number of aromatic nitrogens is 2. The second kappa shape index (κ2) is 5.81. The van der Waals surface area contributed by atoms with Gasteiger partial charge in [-0.1, -0.05) is 6.07 Å². The van der Waals surface area contributed by atoms with E-state index < -0.39 is 0 Å². The van der Waals surface area contributed by atoms with Crippen molar-refractivity contribution in [1.29, 1.82) is 0 Å². The first-order chi connectivity index (χ1) is 9.20. The Morgan fingerprint density at radius 1 is 1.53 bits per heavy atom. The molecule has 2 rings (SSSR count). The summed E-state index contributed by atoms with van der Waals surface area (Å²) in [6.45, 7) is 0.348. The van der Waals surface area contributed by atoms with Gasteiger partial charge in [0, 0.05) is 31.2 Å². The van der Waals surface area contributed by atoms with Crippen molar-refractivity contribution in [3.8, 4) is 5.75 Å². The summed E-state index contributed by atoms with van der Waals surface area (Å²) in [6.07, 6.45) is 4.69. The number of aromatic amines is 1. The van der Waals surface area contributed by atoms with Gasteiger partial charge in [-0.15, -0.1) is 0 Å². The summed E-state index contributed by atoms with van der Waals surface area (Å²) in [4.78, 5) is 30.0. The van der Waals surface area contributed by atoms with Crippen molar-refractivity contribution in [2.45, 2.75) is 6.54 Å². The van der Waals surface area contributed by atoms with E-state index in [1.807, 2.05) is 6.07 Å². The lowest BCUT2D eigenvalue weighted by molar-refractivity contribution is 0.0945. The van der Waals surface area contributed by atoms with Crippen LogP contribution < -0.4 is 15.5 Å². The van der Waals surface area contributed by atoms with Gasteiger partial charge in [0.05, 0.1) is 7.11 Å². The van der Waals surface area contributed by atoms with Crippen LogP contribution in [0.4, 0.5) is 0 Å². The molecule has 0 atom stereocenters. The fourth-order valence-corrected chi connectivity index (χ4v) is 1.53. The van der Waals surface area contributed by atoms with Gasteiger partial charge in [0.15, 0.2) is 5.75 Å². The van der Waals surface area contributed by atoms with E-state index in [0.717, 1.165) is 5.56 Å². The van der Waals surface area contributed by atoms with E-state index in [0.29, 0.717) is 6.54 Å². The molecule has 0 unspecified atom stereocenters. The quantitative estimate of drug-likeness (QED) is 0.847. The van der Waals surface area contributed by atoms with Gasteiger partial charge in [0.1, 0.15) is 5.69 Å². The van der Waals surface area contributed by atoms with Gasteiger partial charge in [0.2, 0.25) is 5.43 Å². The highest BCUT2D eigenvalue weighted by Crippen LogP contribution is 2.01. The zero-order valence-corrected chi connectivity index (χ0v) is 10.3. The number of ether oxygens (including phenoxy) is 1. The minimum Gasteiger partial charge on any atom is -0.491 e. The average molecular weight is 259 g/mol. The van der Waals surface area contributed by atoms with Crippen molar-refractivity contribution in [2.75, 3.05) is 7.11 Å². The molecule has 6 nitrogen and oxygen atoms in total. The summed E-state index contributed by atoms with van der Waals surface area (Å²) >= 11 is 0. The number of nitrogens with one attached hydrogen (secondary N) is 2. The minimum atomic E-state index is -0.358. The summed E-state index contributed by atoms with van der Waals surface area (Å²) in [7, 11) is 1.40. The van der Waals surface area contributed by atoms with Gasteiger partial charge < -0.3 is 15.0 Å². The fourth-order valence-electron chi connectivity index (χ4n) is 1.53. The zero-order chi connectivity index (χ0) is 13.7. The molecule has 0 aliphatic carbocycles. The zero-order valence-electron chi connectivity index (χ0n) is 10.3. The van der Waals surface area contributed by atoms with Gasteiger partial charge in [0.25, 0.3) is 5.91 Å². The number of pyridine rings is 2. The minimum absolute atomic E-state index is 0.170. The Morgan fingerprint density at radius 3 is 3.00 bits per heavy atom. The Hall–Kier alpha value is -2.63. The molecule has 2 aromatic rings. The molecule has 1 amide bonds. The van der Waals surface area contributed by atoms with Gasteiger partial charge in [-0.2, -0.15) is 0 Å². The first-order valence-corrected chi connectivity index (χ1v) is 5.64. The lowest BCUT2D eigenvalue weighted by Crippen LogP contribution is -2.25. The monoisotopic (exact) mass is 259 g/mol. The van der Waals surface area contributed by atoms with Crippen LogP contribution in [-0.4, -0.2) is 23.0 Å². The van der Waals surface area contributed by atoms with Crippen molar-refractivity contribution in [2.24, 2.45) is 0 Å². The smallest absolute Gasteiger partial charge is 0.268 e. The first kappa shape index (κ1) is 12.8. The van der Waals surface area contributed by atoms with E-state index in [2.05, 4.69) is 15.3 Å². The standard InChI is InChI=1S/C13H13N3O3/c1-19-12-8-15-10(5-11(12)17)13(18)16-7-9-3-2-4-14-6-9/h2-6,8H,7H2,1H3,(H,15,17)(H,16,18). The number of methoxy groups -OCH3 is 1. The van der Waals surface area contributed by atoms with Crippen LogP contribution in [0.15, 0.2) is 41.6 Å². The number of hydrogen-bond acceptors (Lipinski definition) is 4. The molecular formula is C13H13N3O3. The molecule has 0 spiro atoms. The molecule has 0 fully saturated rings. The SMILES string of the molecule is COc1c[nH]c(C(=O)NCc2cccnc2)cc1=O. The van der Waals surface area contributed by atoms with Gasteiger partial charge in [-0.25, -0.2) is 0 Å². The molecular weight excluding hydrogens is 246 g/mol. The highest BCUT2D eigenvalue weighted by Gasteiger charge is 2.08. The summed E-state index contributed by atoms with van der Waals surface area (Å²) in [6, 6.07) is 4.85. The van der Waals surface area contributed by atoms with Crippen molar-refractivity contribution in [1.82, 2.24) is 15.3 Å². The van der Waals surface area contributed by atoms with E-state index in [4.69, 9.17) is 4.74 Å². The second-order valence-corrected chi connectivity index (χ2v) is 3.82. The van der Waals surface area contributed by atoms with E-state index in [1.165, 1.54) is 19.4 Å². The third-order valence-corrected chi connectivity index (χ3v) is 2.52. The Balaban J connectivity index is 2.04. The number of amides is 1. The predicted molar refractivity (Wildman–Crippen MR) is 69.0 cm³/mol. The topological polar surface area (TPSA) is 84.1 Å². The lowest BCUT2D eigenvalue weighted by Gasteiger charge is -2.05. The van der Waals surface area contributed by atoms with Crippen LogP contribution in [0.2, 0.25) is 0 Å². The van der Waals surface area contributed by atoms with Crippen LogP contribution in [0.25, 0.3) is 0 Å². The normalized spacial score (nSPS) is 9.95. The molecule has 2 N–H and O–H groups in total. The Kier molecular flexibility index (Phi) is 3.92. The maximum atomic E-state index is 11.8. The summed E-state index contributed by atoms with van der Waals surface area (Å²) in [5.74, 6) is -0.188. The van der Waals surface area contributed by atoms with Crippen molar-refractivity contribution >= 4 is 5.91 Å². The molecule has 19 heavy (non-hydrogen) atoms. The number of carbonyl (C=O) groups excluding carboxylic acids is 1. The molecule has 0 aliphatic heterocycles. The molecule has 98 valence electrons. The van der Waals surface area contributed by atoms with Crippen LogP contribution in [0.3, 0.4) is 0 Å². The number of rotatable bonds is 4. The van der Waals surface area contributed by atoms with E-state index >= 15 is 0 Å². The predicted octanol–water partition coefficient (Wildman–Crippen LogP) is 0.709. The van der Waals surface area contributed by atoms with Crippen LogP contribution >= 0.6 is 0 Å². The highest BCUT2D eigenvalue weighted by atomic mass is 16.5. The molecule has 0 aromatic carbocycles. The van der Waals surface area contributed by atoms with Crippen molar-refractivity contribution in [3.63, 3.8) is 0 Å². The molecule has 0 saturated heterocycles. The Labute approximate surface area is 109 Å². The van der Waals surface area contributed by atoms with E-state index in [9.17, 15) is 9.59 Å². The molecule has 2 heterocycles. The molecule has 0 saturated carbocycles. The lowest BCUT2D eigenvalue weighted by atomic mass is 10.2. The first-order valence-electron chi connectivity index (χ1n) is 5.64. The average Bonchev–Trinajstić information content (AvgIpc) is 2.45. The Morgan fingerprint density at radius 2 is 2.37 bits per heavy atom. The third kappa shape index (κ3) is 3.19. The molecule has 0 aliphatic rings. The highest BCUT2D eigenvalue weighted by molar-refractivity contribution is 5.92. The summed E-state index contributed by atoms with van der Waals surface area (Å²) < 4.78 is 4.83. The van der Waals surface area contributed by atoms with Gasteiger partial charge in [-0.3, -0.25) is 14.6 Å². The van der Waals surface area contributed by atoms with Gasteiger partial charge >= 0.3 is 0 Å². The molecule has 0 radical (unpaired) electrons. The van der Waals surface area contributed by atoms with Crippen LogP contribution in [-0.2, 0) is 6.54 Å². The Bertz CT molecular complexity index is 623. The number of H-pyrrole nitrogens is 1. The van der Waals surface area contributed by atoms with Crippen LogP contribution in [0.5, 0.6) is 5.75 Å². The van der Waals surface area contributed by atoms with Crippen molar-refractivity contribution in [3.05, 3.63) is 58.3 Å². The van der Waals surface area contributed by atoms with E-state index in [-0.39, 0.29) is 22.8 Å².